The molecule has 1 aromatic heterocycles. The fourth-order valence-electron chi connectivity index (χ4n) is 2.72. The fourth-order valence-corrected chi connectivity index (χ4v) is 4.22. The minimum absolute atomic E-state index is 0.0861. The Hall–Kier alpha value is -1.31. The van der Waals surface area contributed by atoms with Crippen LogP contribution >= 0.6 is 23.1 Å². The van der Waals surface area contributed by atoms with Crippen molar-refractivity contribution in [1.82, 2.24) is 9.88 Å². The van der Waals surface area contributed by atoms with Gasteiger partial charge in [-0.1, -0.05) is 23.5 Å². The maximum Gasteiger partial charge on any atom is 0.239 e. The normalized spacial score (nSPS) is 16.8. The van der Waals surface area contributed by atoms with Gasteiger partial charge in [0.15, 0.2) is 5.13 Å². The van der Waals surface area contributed by atoms with Crippen molar-refractivity contribution >= 4 is 44.4 Å². The highest BCUT2D eigenvalue weighted by Gasteiger charge is 2.26. The largest absolute Gasteiger partial charge is 0.345 e. The van der Waals surface area contributed by atoms with Crippen LogP contribution in [0.3, 0.4) is 0 Å². The first kappa shape index (κ1) is 16.5. The van der Waals surface area contributed by atoms with Gasteiger partial charge in [-0.25, -0.2) is 4.98 Å². The van der Waals surface area contributed by atoms with Crippen LogP contribution < -0.4 is 10.6 Å². The molecule has 1 fully saturated rings. The number of nitrogens with zero attached hydrogens (tertiary/aromatic N) is 3. The Morgan fingerprint density at radius 2 is 2.09 bits per heavy atom. The van der Waals surface area contributed by atoms with Gasteiger partial charge in [0.1, 0.15) is 0 Å². The number of thiazole rings is 1. The number of anilines is 1. The molecule has 1 saturated heterocycles. The topological polar surface area (TPSA) is 62.5 Å². The van der Waals surface area contributed by atoms with E-state index in [0.717, 1.165) is 49.0 Å². The Bertz CT molecular complexity index is 634. The molecule has 124 valence electrons. The van der Waals surface area contributed by atoms with Gasteiger partial charge >= 0.3 is 0 Å². The number of hydrogen-bond acceptors (Lipinski definition) is 6. The number of benzene rings is 1. The highest BCUT2D eigenvalue weighted by Crippen LogP contribution is 2.29. The van der Waals surface area contributed by atoms with Crippen molar-refractivity contribution in [3.63, 3.8) is 0 Å². The second-order valence-corrected chi connectivity index (χ2v) is 7.66. The number of rotatable bonds is 5. The molecule has 0 radical (unpaired) electrons. The van der Waals surface area contributed by atoms with Crippen molar-refractivity contribution in [1.29, 1.82) is 0 Å². The Kier molecular flexibility index (Phi) is 5.40. The average molecular weight is 351 g/mol. The predicted molar refractivity (Wildman–Crippen MR) is 99.4 cm³/mol. The molecule has 0 spiro atoms. The van der Waals surface area contributed by atoms with Gasteiger partial charge in [-0.05, 0) is 30.6 Å². The van der Waals surface area contributed by atoms with Gasteiger partial charge in [-0.3, -0.25) is 4.79 Å². The van der Waals surface area contributed by atoms with E-state index in [4.69, 9.17) is 10.7 Å². The summed E-state index contributed by atoms with van der Waals surface area (Å²) in [7, 11) is 0. The van der Waals surface area contributed by atoms with Crippen molar-refractivity contribution in [3.05, 3.63) is 24.3 Å². The number of piperazine rings is 1. The van der Waals surface area contributed by atoms with Crippen molar-refractivity contribution in [2.45, 2.75) is 12.5 Å². The second kappa shape index (κ2) is 7.51. The summed E-state index contributed by atoms with van der Waals surface area (Å²) in [6.45, 7) is 3.09. The molecule has 0 aliphatic carbocycles. The zero-order chi connectivity index (χ0) is 16.2. The van der Waals surface area contributed by atoms with Gasteiger partial charge in [0.25, 0.3) is 0 Å². The van der Waals surface area contributed by atoms with E-state index in [1.165, 1.54) is 4.70 Å². The lowest BCUT2D eigenvalue weighted by molar-refractivity contribution is -0.132. The predicted octanol–water partition coefficient (Wildman–Crippen LogP) is 2.03. The highest BCUT2D eigenvalue weighted by atomic mass is 32.2. The summed E-state index contributed by atoms with van der Waals surface area (Å²) in [5.41, 5.74) is 7.05. The minimum Gasteiger partial charge on any atom is -0.345 e. The smallest absolute Gasteiger partial charge is 0.239 e. The van der Waals surface area contributed by atoms with Crippen LogP contribution in [0.4, 0.5) is 5.13 Å². The Labute approximate surface area is 144 Å². The first-order valence-electron chi connectivity index (χ1n) is 7.83. The van der Waals surface area contributed by atoms with Gasteiger partial charge in [-0.2, -0.15) is 11.8 Å². The number of fused-ring (bicyclic) bond motifs is 1. The molecule has 1 aromatic carbocycles. The van der Waals surface area contributed by atoms with Crippen LogP contribution in [0.5, 0.6) is 0 Å². The quantitative estimate of drug-likeness (QED) is 0.894. The maximum absolute atomic E-state index is 12.3. The van der Waals surface area contributed by atoms with Crippen LogP contribution in [0.25, 0.3) is 10.2 Å². The van der Waals surface area contributed by atoms with Crippen LogP contribution in [-0.2, 0) is 4.79 Å². The SMILES string of the molecule is CSCC[C@H](N)C(=O)N1CCN(c2nc3ccccc3s2)CC1. The van der Waals surface area contributed by atoms with Crippen LogP contribution in [0.15, 0.2) is 24.3 Å². The van der Waals surface area contributed by atoms with Crippen molar-refractivity contribution < 1.29 is 4.79 Å². The van der Waals surface area contributed by atoms with E-state index in [1.807, 2.05) is 29.4 Å². The van der Waals surface area contributed by atoms with Gasteiger partial charge in [-0.15, -0.1) is 0 Å². The number of para-hydroxylation sites is 1. The van der Waals surface area contributed by atoms with E-state index >= 15 is 0 Å². The molecule has 0 saturated carbocycles. The summed E-state index contributed by atoms with van der Waals surface area (Å²) in [5, 5.41) is 1.05. The standard InChI is InChI=1S/C16H22N4OS2/c1-22-11-6-12(17)15(21)19-7-9-20(10-8-19)16-18-13-4-2-3-5-14(13)23-16/h2-5,12H,6-11,17H2,1H3/t12-/m0/s1. The number of carbonyl (C=O) groups excluding carboxylic acids is 1. The lowest BCUT2D eigenvalue weighted by Gasteiger charge is -2.35. The molecule has 0 unspecified atom stereocenters. The van der Waals surface area contributed by atoms with E-state index in [0.29, 0.717) is 0 Å². The van der Waals surface area contributed by atoms with E-state index < -0.39 is 0 Å². The number of aromatic nitrogens is 1. The summed E-state index contributed by atoms with van der Waals surface area (Å²) < 4.78 is 1.21. The molecular formula is C16H22N4OS2. The van der Waals surface area contributed by atoms with Gasteiger partial charge in [0.05, 0.1) is 16.3 Å². The van der Waals surface area contributed by atoms with Crippen LogP contribution in [0.2, 0.25) is 0 Å². The number of hydrogen-bond donors (Lipinski definition) is 1. The molecule has 0 bridgehead atoms. The third-order valence-corrected chi connectivity index (χ3v) is 5.84. The zero-order valence-electron chi connectivity index (χ0n) is 13.3. The minimum atomic E-state index is -0.364. The molecule has 1 atom stereocenters. The molecule has 23 heavy (non-hydrogen) atoms. The molecule has 2 aromatic rings. The van der Waals surface area contributed by atoms with Crippen molar-refractivity contribution in [2.24, 2.45) is 5.73 Å². The number of nitrogens with two attached hydrogens (primary N) is 1. The molecule has 5 nitrogen and oxygen atoms in total. The van der Waals surface area contributed by atoms with Crippen LogP contribution in [-0.4, -0.2) is 60.0 Å². The van der Waals surface area contributed by atoms with E-state index in [2.05, 4.69) is 11.0 Å². The average Bonchev–Trinajstić information content (AvgIpc) is 3.03. The molecule has 1 aliphatic rings. The molecule has 2 heterocycles. The second-order valence-electron chi connectivity index (χ2n) is 5.66. The maximum atomic E-state index is 12.3. The van der Waals surface area contributed by atoms with Gasteiger partial charge in [0.2, 0.25) is 5.91 Å². The Morgan fingerprint density at radius 3 is 2.78 bits per heavy atom. The van der Waals surface area contributed by atoms with Crippen molar-refractivity contribution in [2.75, 3.05) is 43.1 Å². The lowest BCUT2D eigenvalue weighted by atomic mass is 10.2. The van der Waals surface area contributed by atoms with E-state index in [1.54, 1.807) is 23.1 Å². The molecule has 7 heteroatoms. The number of amides is 1. The lowest BCUT2D eigenvalue weighted by Crippen LogP contribution is -2.53. The third-order valence-electron chi connectivity index (χ3n) is 4.09. The summed E-state index contributed by atoms with van der Waals surface area (Å²) >= 11 is 3.44. The zero-order valence-corrected chi connectivity index (χ0v) is 14.9. The first-order valence-corrected chi connectivity index (χ1v) is 10.0. The Morgan fingerprint density at radius 1 is 1.35 bits per heavy atom. The van der Waals surface area contributed by atoms with Crippen LogP contribution in [0.1, 0.15) is 6.42 Å². The molecule has 2 N–H and O–H groups in total. The van der Waals surface area contributed by atoms with Crippen molar-refractivity contribution in [3.8, 4) is 0 Å². The van der Waals surface area contributed by atoms with Crippen LogP contribution in [0, 0.1) is 0 Å². The number of thioether (sulfide) groups is 1. The number of carbonyl (C=O) groups is 1. The van der Waals surface area contributed by atoms with Gasteiger partial charge in [0, 0.05) is 26.2 Å². The summed E-state index contributed by atoms with van der Waals surface area (Å²) in [6.07, 6.45) is 2.78. The molecular weight excluding hydrogens is 328 g/mol. The van der Waals surface area contributed by atoms with Gasteiger partial charge < -0.3 is 15.5 Å². The summed E-state index contributed by atoms with van der Waals surface area (Å²) in [5.74, 6) is 1.02. The third kappa shape index (κ3) is 3.79. The first-order chi connectivity index (χ1) is 11.2. The molecule has 1 amide bonds. The Balaban J connectivity index is 1.58. The van der Waals surface area contributed by atoms with E-state index in [9.17, 15) is 4.79 Å². The molecule has 1 aliphatic heterocycles. The summed E-state index contributed by atoms with van der Waals surface area (Å²) in [6, 6.07) is 7.83. The fraction of sp³-hybridized carbons (Fsp3) is 0.500. The summed E-state index contributed by atoms with van der Waals surface area (Å²) in [4.78, 5) is 21.2. The monoisotopic (exact) mass is 350 g/mol. The van der Waals surface area contributed by atoms with E-state index in [-0.39, 0.29) is 11.9 Å². The molecule has 3 rings (SSSR count). The highest BCUT2D eigenvalue weighted by molar-refractivity contribution is 7.98.